The van der Waals surface area contributed by atoms with E-state index in [0.29, 0.717) is 5.16 Å². The van der Waals surface area contributed by atoms with E-state index in [9.17, 15) is 0 Å². The molecule has 0 nitrogen and oxygen atoms in total. The van der Waals surface area contributed by atoms with Crippen molar-refractivity contribution in [2.24, 2.45) is 5.92 Å². The van der Waals surface area contributed by atoms with Gasteiger partial charge in [-0.1, -0.05) is 87.0 Å². The molecule has 0 radical (unpaired) electrons. The highest BCUT2D eigenvalue weighted by atomic mass is 31.1. The molecule has 2 fully saturated rings. The highest BCUT2D eigenvalue weighted by molar-refractivity contribution is 7.60. The average Bonchev–Trinajstić information content (AvgIpc) is 2.49. The molecular weight excluding hydrogens is 271 g/mol. The molecule has 0 saturated heterocycles. The van der Waals surface area contributed by atoms with E-state index in [1.54, 1.807) is 25.7 Å². The Balaban J connectivity index is 2.16. The molecule has 0 N–H and O–H groups in total. The Morgan fingerprint density at radius 1 is 0.857 bits per heavy atom. The van der Waals surface area contributed by atoms with Crippen LogP contribution in [0.3, 0.4) is 0 Å². The van der Waals surface area contributed by atoms with E-state index in [-0.39, 0.29) is 7.92 Å². The van der Waals surface area contributed by atoms with E-state index < -0.39 is 0 Å². The lowest BCUT2D eigenvalue weighted by Gasteiger charge is -2.50. The van der Waals surface area contributed by atoms with Crippen LogP contribution in [0.1, 0.15) is 105 Å². The fraction of sp³-hybridized carbons (Fsp3) is 1.00. The van der Waals surface area contributed by atoms with Gasteiger partial charge >= 0.3 is 0 Å². The number of rotatable bonds is 6. The second-order valence-corrected chi connectivity index (χ2v) is 11.8. The zero-order valence-corrected chi connectivity index (χ0v) is 16.1. The van der Waals surface area contributed by atoms with Crippen molar-refractivity contribution < 1.29 is 0 Å². The summed E-state index contributed by atoms with van der Waals surface area (Å²) in [4.78, 5) is 0. The Hall–Kier alpha value is 0.430. The first-order chi connectivity index (χ1) is 10.1. The Kier molecular flexibility index (Phi) is 7.05. The topological polar surface area (TPSA) is 0 Å². The molecule has 21 heavy (non-hydrogen) atoms. The third-order valence-electron chi connectivity index (χ3n) is 6.53. The molecule has 124 valence electrons. The summed E-state index contributed by atoms with van der Waals surface area (Å²) in [6.07, 6.45) is 18.1. The van der Waals surface area contributed by atoms with Crippen LogP contribution in [0.5, 0.6) is 0 Å². The maximum Gasteiger partial charge on any atom is -0.0120 e. The van der Waals surface area contributed by atoms with Gasteiger partial charge in [0.1, 0.15) is 0 Å². The second-order valence-electron chi connectivity index (χ2n) is 8.33. The SMILES string of the molecule is CCCC(C)C(C)(C)P(C1CCCCC1)C1CCCCC1. The summed E-state index contributed by atoms with van der Waals surface area (Å²) in [5, 5.41) is 0.607. The lowest BCUT2D eigenvalue weighted by Crippen LogP contribution is -2.37. The molecule has 1 atom stereocenters. The second kappa shape index (κ2) is 8.33. The van der Waals surface area contributed by atoms with Crippen LogP contribution in [0.25, 0.3) is 0 Å². The van der Waals surface area contributed by atoms with Gasteiger partial charge in [-0.25, -0.2) is 0 Å². The normalized spacial score (nSPS) is 24.4. The predicted molar refractivity (Wildman–Crippen MR) is 98.8 cm³/mol. The van der Waals surface area contributed by atoms with Crippen molar-refractivity contribution in [3.8, 4) is 0 Å². The van der Waals surface area contributed by atoms with E-state index in [1.165, 1.54) is 51.4 Å². The summed E-state index contributed by atoms with van der Waals surface area (Å²) in [6.45, 7) is 10.2. The maximum atomic E-state index is 2.66. The van der Waals surface area contributed by atoms with Crippen molar-refractivity contribution in [3.05, 3.63) is 0 Å². The van der Waals surface area contributed by atoms with Crippen LogP contribution in [0, 0.1) is 5.92 Å². The minimum atomic E-state index is 0.209. The first-order valence-corrected chi connectivity index (χ1v) is 11.3. The van der Waals surface area contributed by atoms with Crippen LogP contribution < -0.4 is 0 Å². The summed E-state index contributed by atoms with van der Waals surface area (Å²) in [7, 11) is 0.209. The average molecular weight is 311 g/mol. The number of hydrogen-bond acceptors (Lipinski definition) is 0. The third kappa shape index (κ3) is 4.46. The Labute approximate surface area is 135 Å². The minimum absolute atomic E-state index is 0.209. The van der Waals surface area contributed by atoms with Crippen LogP contribution >= 0.6 is 7.92 Å². The molecule has 0 aromatic carbocycles. The summed E-state index contributed by atoms with van der Waals surface area (Å²) in [6, 6.07) is 0. The summed E-state index contributed by atoms with van der Waals surface area (Å²) in [5.74, 6) is 0.914. The van der Waals surface area contributed by atoms with Gasteiger partial charge in [-0.15, -0.1) is 0 Å². The van der Waals surface area contributed by atoms with Gasteiger partial charge in [0.15, 0.2) is 0 Å². The predicted octanol–water partition coefficient (Wildman–Crippen LogP) is 7.35. The van der Waals surface area contributed by atoms with Gasteiger partial charge < -0.3 is 0 Å². The van der Waals surface area contributed by atoms with Crippen molar-refractivity contribution in [1.29, 1.82) is 0 Å². The van der Waals surface area contributed by atoms with Crippen LogP contribution in [-0.4, -0.2) is 16.5 Å². The molecule has 0 heterocycles. The highest BCUT2D eigenvalue weighted by Gasteiger charge is 2.43. The van der Waals surface area contributed by atoms with Crippen molar-refractivity contribution in [1.82, 2.24) is 0 Å². The maximum absolute atomic E-state index is 2.66. The standard InChI is InChI=1S/C20H39P/c1-5-12-17(2)20(3,4)21(18-13-8-6-9-14-18)19-15-10-7-11-16-19/h17-19H,5-16H2,1-4H3. The van der Waals surface area contributed by atoms with Gasteiger partial charge in [-0.3, -0.25) is 0 Å². The van der Waals surface area contributed by atoms with Crippen LogP contribution in [0.15, 0.2) is 0 Å². The molecule has 0 amide bonds. The highest BCUT2D eigenvalue weighted by Crippen LogP contribution is 2.66. The lowest BCUT2D eigenvalue weighted by molar-refractivity contribution is 0.397. The first kappa shape index (κ1) is 17.8. The van der Waals surface area contributed by atoms with Gasteiger partial charge in [-0.2, -0.15) is 0 Å². The third-order valence-corrected chi connectivity index (χ3v) is 10.9. The smallest absolute Gasteiger partial charge is 0.0120 e. The Morgan fingerprint density at radius 3 is 1.67 bits per heavy atom. The Morgan fingerprint density at radius 2 is 1.29 bits per heavy atom. The summed E-state index contributed by atoms with van der Waals surface area (Å²) < 4.78 is 0. The van der Waals surface area contributed by atoms with Gasteiger partial charge in [0, 0.05) is 0 Å². The van der Waals surface area contributed by atoms with Crippen LogP contribution in [0.4, 0.5) is 0 Å². The quantitative estimate of drug-likeness (QED) is 0.450. The van der Waals surface area contributed by atoms with Gasteiger partial charge in [0.25, 0.3) is 0 Å². The van der Waals surface area contributed by atoms with Crippen molar-refractivity contribution in [3.63, 3.8) is 0 Å². The summed E-state index contributed by atoms with van der Waals surface area (Å²) >= 11 is 0. The van der Waals surface area contributed by atoms with Gasteiger partial charge in [0.2, 0.25) is 0 Å². The molecule has 0 spiro atoms. The van der Waals surface area contributed by atoms with Crippen molar-refractivity contribution >= 4 is 7.92 Å². The molecule has 1 heteroatoms. The van der Waals surface area contributed by atoms with E-state index in [2.05, 4.69) is 27.7 Å². The van der Waals surface area contributed by atoms with Crippen molar-refractivity contribution in [2.75, 3.05) is 0 Å². The molecule has 0 aromatic heterocycles. The fourth-order valence-corrected chi connectivity index (χ4v) is 9.96. The fourth-order valence-electron chi connectivity index (χ4n) is 5.00. The monoisotopic (exact) mass is 310 g/mol. The largest absolute Gasteiger partial charge is 0.0942 e. The van der Waals surface area contributed by atoms with E-state index in [0.717, 1.165) is 17.2 Å². The van der Waals surface area contributed by atoms with Gasteiger partial charge in [-0.05, 0) is 48.1 Å². The molecule has 2 saturated carbocycles. The molecule has 0 aliphatic heterocycles. The van der Waals surface area contributed by atoms with E-state index in [4.69, 9.17) is 0 Å². The van der Waals surface area contributed by atoms with E-state index in [1.807, 2.05) is 0 Å². The molecule has 2 aliphatic carbocycles. The lowest BCUT2D eigenvalue weighted by atomic mass is 9.92. The van der Waals surface area contributed by atoms with Crippen LogP contribution in [-0.2, 0) is 0 Å². The zero-order chi connectivity index (χ0) is 15.3. The molecule has 0 aromatic rings. The van der Waals surface area contributed by atoms with E-state index >= 15 is 0 Å². The van der Waals surface area contributed by atoms with Gasteiger partial charge in [0.05, 0.1) is 0 Å². The first-order valence-electron chi connectivity index (χ1n) is 9.85. The minimum Gasteiger partial charge on any atom is -0.0942 e. The molecule has 2 rings (SSSR count). The molecule has 1 unspecified atom stereocenters. The molecule has 0 bridgehead atoms. The number of hydrogen-bond donors (Lipinski definition) is 0. The van der Waals surface area contributed by atoms with Crippen molar-refractivity contribution in [2.45, 2.75) is 121 Å². The molecule has 2 aliphatic rings. The zero-order valence-electron chi connectivity index (χ0n) is 15.2. The van der Waals surface area contributed by atoms with Crippen LogP contribution in [0.2, 0.25) is 0 Å². The summed E-state index contributed by atoms with van der Waals surface area (Å²) in [5.41, 5.74) is 2.21. The molecular formula is C20H39P. The Bertz CT molecular complexity index is 266.